The summed E-state index contributed by atoms with van der Waals surface area (Å²) >= 11 is 0. The average molecular weight is 517 g/mol. The van der Waals surface area contributed by atoms with Crippen molar-refractivity contribution in [3.05, 3.63) is 47.8 Å². The molecule has 3 aromatic rings. The van der Waals surface area contributed by atoms with Crippen LogP contribution in [0.5, 0.6) is 11.5 Å². The highest BCUT2D eigenvalue weighted by Crippen LogP contribution is 2.38. The number of hydrogen-bond donors (Lipinski definition) is 1. The fourth-order valence-corrected chi connectivity index (χ4v) is 5.46. The lowest BCUT2D eigenvalue weighted by atomic mass is 10.0. The van der Waals surface area contributed by atoms with E-state index >= 15 is 0 Å². The Morgan fingerprint density at radius 2 is 1.83 bits per heavy atom. The Kier molecular flexibility index (Phi) is 7.74. The summed E-state index contributed by atoms with van der Waals surface area (Å²) in [5.74, 6) is 1.11. The molecule has 1 saturated heterocycles. The number of anilines is 1. The molecule has 0 bridgehead atoms. The van der Waals surface area contributed by atoms with Crippen molar-refractivity contribution in [2.75, 3.05) is 32.2 Å². The minimum atomic E-state index is -3.91. The highest BCUT2D eigenvalue weighted by Gasteiger charge is 2.33. The van der Waals surface area contributed by atoms with Gasteiger partial charge in [-0.05, 0) is 38.8 Å². The summed E-state index contributed by atoms with van der Waals surface area (Å²) in [6, 6.07) is 5.35. The zero-order chi connectivity index (χ0) is 25.9. The predicted octanol–water partition coefficient (Wildman–Crippen LogP) is 3.21. The van der Waals surface area contributed by atoms with Crippen LogP contribution in [0.15, 0.2) is 30.6 Å². The number of para-hydroxylation sites is 1. The third-order valence-electron chi connectivity index (χ3n) is 6.53. The summed E-state index contributed by atoms with van der Waals surface area (Å²) in [7, 11) is -0.824. The standard InChI is InChI=1S/C24H32N6O5S/c1-15-12-26-19(13-25-15)16(2)17(3)36(31,32)29-24-28-27-23(18-8-7-11-35-14-18)30(24)22-20(33-4)9-6-10-21(22)34-5/h6,9-10,12-13,16-18H,7-8,11,14H2,1-5H3,(H,28,29)/t16-,17-,18-/m0/s1. The van der Waals surface area contributed by atoms with Gasteiger partial charge in [0.05, 0.1) is 37.5 Å². The van der Waals surface area contributed by atoms with Gasteiger partial charge in [-0.1, -0.05) is 13.0 Å². The van der Waals surface area contributed by atoms with Gasteiger partial charge in [-0.3, -0.25) is 19.3 Å². The molecule has 1 fully saturated rings. The summed E-state index contributed by atoms with van der Waals surface area (Å²) in [6.07, 6.45) is 4.94. The fourth-order valence-electron chi connectivity index (χ4n) is 4.21. The molecule has 12 heteroatoms. The molecular formula is C24H32N6O5S. The predicted molar refractivity (Wildman–Crippen MR) is 134 cm³/mol. The van der Waals surface area contributed by atoms with Crippen LogP contribution in [-0.4, -0.2) is 65.8 Å². The lowest BCUT2D eigenvalue weighted by Crippen LogP contribution is -2.31. The summed E-state index contributed by atoms with van der Waals surface area (Å²) in [4.78, 5) is 8.61. The van der Waals surface area contributed by atoms with Gasteiger partial charge in [0.25, 0.3) is 0 Å². The fraction of sp³-hybridized carbons (Fsp3) is 0.500. The van der Waals surface area contributed by atoms with Crippen LogP contribution in [0.2, 0.25) is 0 Å². The van der Waals surface area contributed by atoms with Gasteiger partial charge in [-0.25, -0.2) is 8.42 Å². The van der Waals surface area contributed by atoms with Gasteiger partial charge in [0.2, 0.25) is 16.0 Å². The molecular weight excluding hydrogens is 484 g/mol. The molecule has 194 valence electrons. The molecule has 0 radical (unpaired) electrons. The van der Waals surface area contributed by atoms with Gasteiger partial charge in [-0.2, -0.15) is 0 Å². The van der Waals surface area contributed by atoms with Crippen molar-refractivity contribution in [1.82, 2.24) is 24.7 Å². The Bertz CT molecular complexity index is 1270. The van der Waals surface area contributed by atoms with Gasteiger partial charge in [0.1, 0.15) is 23.0 Å². The van der Waals surface area contributed by atoms with E-state index in [2.05, 4.69) is 24.9 Å². The number of aromatic nitrogens is 5. The first-order valence-electron chi connectivity index (χ1n) is 11.8. The minimum absolute atomic E-state index is 0.0485. The number of aryl methyl sites for hydroxylation is 1. The van der Waals surface area contributed by atoms with Gasteiger partial charge >= 0.3 is 0 Å². The molecule has 11 nitrogen and oxygen atoms in total. The quantitative estimate of drug-likeness (QED) is 0.455. The van der Waals surface area contributed by atoms with E-state index < -0.39 is 21.2 Å². The zero-order valence-electron chi connectivity index (χ0n) is 21.1. The van der Waals surface area contributed by atoms with E-state index in [1.54, 1.807) is 56.3 Å². The summed E-state index contributed by atoms with van der Waals surface area (Å²) < 4.78 is 48.3. The molecule has 0 spiro atoms. The molecule has 0 amide bonds. The Hall–Kier alpha value is -3.25. The Morgan fingerprint density at radius 1 is 1.11 bits per heavy atom. The monoisotopic (exact) mass is 516 g/mol. The smallest absolute Gasteiger partial charge is 0.243 e. The number of rotatable bonds is 9. The SMILES string of the molecule is COc1cccc(OC)c1-n1c(NS(=O)(=O)[C@@H](C)[C@H](C)c2cnc(C)cn2)nnc1[C@H]1CCCOC1. The molecule has 3 heterocycles. The van der Waals surface area contributed by atoms with Crippen LogP contribution in [-0.2, 0) is 14.8 Å². The minimum Gasteiger partial charge on any atom is -0.494 e. The van der Waals surface area contributed by atoms with Crippen LogP contribution >= 0.6 is 0 Å². The van der Waals surface area contributed by atoms with E-state index in [1.807, 2.05) is 13.8 Å². The van der Waals surface area contributed by atoms with Gasteiger partial charge in [-0.15, -0.1) is 10.2 Å². The van der Waals surface area contributed by atoms with Crippen LogP contribution in [0, 0.1) is 6.92 Å². The molecule has 36 heavy (non-hydrogen) atoms. The van der Waals surface area contributed by atoms with Crippen LogP contribution in [0.4, 0.5) is 5.95 Å². The maximum absolute atomic E-state index is 13.5. The van der Waals surface area contributed by atoms with E-state index in [0.29, 0.717) is 41.9 Å². The third kappa shape index (κ3) is 5.14. The van der Waals surface area contributed by atoms with Crippen molar-refractivity contribution in [3.8, 4) is 17.2 Å². The van der Waals surface area contributed by atoms with Crippen molar-refractivity contribution in [3.63, 3.8) is 0 Å². The van der Waals surface area contributed by atoms with E-state index in [1.165, 1.54) is 0 Å². The van der Waals surface area contributed by atoms with Crippen molar-refractivity contribution in [1.29, 1.82) is 0 Å². The van der Waals surface area contributed by atoms with E-state index in [4.69, 9.17) is 14.2 Å². The normalized spacial score (nSPS) is 17.9. The van der Waals surface area contributed by atoms with Crippen molar-refractivity contribution in [2.24, 2.45) is 0 Å². The van der Waals surface area contributed by atoms with Crippen molar-refractivity contribution < 1.29 is 22.6 Å². The average Bonchev–Trinajstić information content (AvgIpc) is 3.30. The molecule has 0 unspecified atom stereocenters. The number of ether oxygens (including phenoxy) is 3. The first-order chi connectivity index (χ1) is 17.3. The van der Waals surface area contributed by atoms with Gasteiger partial charge < -0.3 is 14.2 Å². The first-order valence-corrected chi connectivity index (χ1v) is 13.4. The zero-order valence-corrected chi connectivity index (χ0v) is 21.9. The molecule has 0 aliphatic carbocycles. The molecule has 1 aromatic carbocycles. The number of nitrogens with zero attached hydrogens (tertiary/aromatic N) is 5. The number of hydrogen-bond acceptors (Lipinski definition) is 9. The molecule has 1 aliphatic heterocycles. The summed E-state index contributed by atoms with van der Waals surface area (Å²) in [5.41, 5.74) is 1.86. The molecule has 4 rings (SSSR count). The van der Waals surface area contributed by atoms with E-state index in [-0.39, 0.29) is 11.9 Å². The highest BCUT2D eigenvalue weighted by atomic mass is 32.2. The lowest BCUT2D eigenvalue weighted by molar-refractivity contribution is 0.0775. The number of sulfonamides is 1. The molecule has 0 saturated carbocycles. The molecule has 1 aliphatic rings. The second kappa shape index (κ2) is 10.8. The highest BCUT2D eigenvalue weighted by molar-refractivity contribution is 7.93. The van der Waals surface area contributed by atoms with E-state index in [9.17, 15) is 8.42 Å². The van der Waals surface area contributed by atoms with Gasteiger partial charge in [0.15, 0.2) is 0 Å². The van der Waals surface area contributed by atoms with Crippen LogP contribution in [0.25, 0.3) is 5.69 Å². The Labute approximate surface area is 211 Å². The number of benzene rings is 1. The second-order valence-electron chi connectivity index (χ2n) is 8.87. The number of methoxy groups -OCH3 is 2. The van der Waals surface area contributed by atoms with Gasteiger partial charge in [0, 0.05) is 30.8 Å². The van der Waals surface area contributed by atoms with Crippen LogP contribution in [0.1, 0.15) is 55.7 Å². The van der Waals surface area contributed by atoms with E-state index in [0.717, 1.165) is 18.5 Å². The summed E-state index contributed by atoms with van der Waals surface area (Å²) in [6.45, 7) is 6.41. The molecule has 1 N–H and O–H groups in total. The number of nitrogens with one attached hydrogen (secondary N) is 1. The largest absolute Gasteiger partial charge is 0.494 e. The Morgan fingerprint density at radius 3 is 2.42 bits per heavy atom. The van der Waals surface area contributed by atoms with Crippen LogP contribution in [0.3, 0.4) is 0 Å². The van der Waals surface area contributed by atoms with Crippen LogP contribution < -0.4 is 14.2 Å². The van der Waals surface area contributed by atoms with Crippen molar-refractivity contribution in [2.45, 2.75) is 50.7 Å². The summed E-state index contributed by atoms with van der Waals surface area (Å²) in [5, 5.41) is 7.82. The maximum Gasteiger partial charge on any atom is 0.243 e. The second-order valence-corrected chi connectivity index (χ2v) is 10.9. The maximum atomic E-state index is 13.5. The third-order valence-corrected chi connectivity index (χ3v) is 8.39. The van der Waals surface area contributed by atoms with Crippen molar-refractivity contribution >= 4 is 16.0 Å². The first kappa shape index (κ1) is 25.8. The topological polar surface area (TPSA) is 130 Å². The molecule has 2 aromatic heterocycles. The molecule has 3 atom stereocenters. The lowest BCUT2D eigenvalue weighted by Gasteiger charge is -2.24. The Balaban J connectivity index is 1.77.